The minimum Gasteiger partial charge on any atom is -0.479 e. The summed E-state index contributed by atoms with van der Waals surface area (Å²) in [5.74, 6) is -1.65. The van der Waals surface area contributed by atoms with Crippen LogP contribution in [0.2, 0.25) is 0 Å². The van der Waals surface area contributed by atoms with Crippen LogP contribution in [0, 0.1) is 12.8 Å². The van der Waals surface area contributed by atoms with Crippen LogP contribution in [0.1, 0.15) is 25.3 Å². The van der Waals surface area contributed by atoms with Crippen LogP contribution in [-0.4, -0.2) is 85.4 Å². The second kappa shape index (κ2) is 9.97. The van der Waals surface area contributed by atoms with Crippen LogP contribution in [0.4, 0.5) is 0 Å². The Balaban J connectivity index is 1.39. The summed E-state index contributed by atoms with van der Waals surface area (Å²) >= 11 is 0. The largest absolute Gasteiger partial charge is 0.479 e. The SMILES string of the molecule is Cc1ccc(S(=O)(=O)N2CCN(C(=O)C[C@@H](C)CCNC(=O)[C@H]3O[C@@H]3C(=O)O)CC2)cc1. The lowest BCUT2D eigenvalue weighted by Crippen LogP contribution is -2.50. The van der Waals surface area contributed by atoms with Crippen molar-refractivity contribution in [1.29, 1.82) is 0 Å². The molecule has 32 heavy (non-hydrogen) atoms. The first-order valence-electron chi connectivity index (χ1n) is 10.6. The summed E-state index contributed by atoms with van der Waals surface area (Å²) in [6.45, 7) is 5.28. The molecule has 2 amide bonds. The molecule has 0 aromatic heterocycles. The molecule has 2 aliphatic heterocycles. The van der Waals surface area contributed by atoms with Gasteiger partial charge in [0.2, 0.25) is 15.9 Å². The lowest BCUT2D eigenvalue weighted by atomic mass is 10.0. The van der Waals surface area contributed by atoms with E-state index in [9.17, 15) is 22.8 Å². The molecule has 0 radical (unpaired) electrons. The Morgan fingerprint density at radius 2 is 1.75 bits per heavy atom. The van der Waals surface area contributed by atoms with Gasteiger partial charge in [-0.05, 0) is 31.4 Å². The van der Waals surface area contributed by atoms with Crippen molar-refractivity contribution in [3.63, 3.8) is 0 Å². The third-order valence-electron chi connectivity index (χ3n) is 5.70. The van der Waals surface area contributed by atoms with E-state index in [0.717, 1.165) is 5.56 Å². The number of carbonyl (C=O) groups is 3. The zero-order valence-electron chi connectivity index (χ0n) is 18.2. The maximum Gasteiger partial charge on any atom is 0.336 e. The van der Waals surface area contributed by atoms with Gasteiger partial charge in [-0.3, -0.25) is 9.59 Å². The van der Waals surface area contributed by atoms with Gasteiger partial charge in [0.05, 0.1) is 4.90 Å². The second-order valence-electron chi connectivity index (χ2n) is 8.30. The van der Waals surface area contributed by atoms with Crippen LogP contribution in [-0.2, 0) is 29.1 Å². The maximum absolute atomic E-state index is 12.8. The number of aryl methyl sites for hydroxylation is 1. The molecule has 0 bridgehead atoms. The highest BCUT2D eigenvalue weighted by Gasteiger charge is 2.50. The van der Waals surface area contributed by atoms with Gasteiger partial charge in [0.1, 0.15) is 0 Å². The van der Waals surface area contributed by atoms with Gasteiger partial charge in [0, 0.05) is 39.1 Å². The van der Waals surface area contributed by atoms with Gasteiger partial charge in [-0.2, -0.15) is 4.31 Å². The number of hydrogen-bond donors (Lipinski definition) is 2. The smallest absolute Gasteiger partial charge is 0.336 e. The average molecular weight is 468 g/mol. The summed E-state index contributed by atoms with van der Waals surface area (Å²) in [5.41, 5.74) is 0.985. The Bertz CT molecular complexity index is 956. The summed E-state index contributed by atoms with van der Waals surface area (Å²) in [6, 6.07) is 6.72. The first kappa shape index (κ1) is 24.1. The van der Waals surface area contributed by atoms with Crippen molar-refractivity contribution in [3.05, 3.63) is 29.8 Å². The lowest BCUT2D eigenvalue weighted by molar-refractivity contribution is -0.138. The van der Waals surface area contributed by atoms with Crippen LogP contribution in [0.15, 0.2) is 29.2 Å². The Kier molecular flexibility index (Phi) is 7.52. The first-order chi connectivity index (χ1) is 15.1. The number of carboxylic acid groups (broad SMARTS) is 1. The number of epoxide rings is 1. The van der Waals surface area contributed by atoms with Gasteiger partial charge in [-0.25, -0.2) is 13.2 Å². The number of aliphatic carboxylic acids is 1. The fourth-order valence-electron chi connectivity index (χ4n) is 3.61. The highest BCUT2D eigenvalue weighted by molar-refractivity contribution is 7.89. The van der Waals surface area contributed by atoms with E-state index in [1.807, 2.05) is 13.8 Å². The number of nitrogens with one attached hydrogen (secondary N) is 1. The summed E-state index contributed by atoms with van der Waals surface area (Å²) in [7, 11) is -3.57. The van der Waals surface area contributed by atoms with E-state index in [4.69, 9.17) is 9.84 Å². The van der Waals surface area contributed by atoms with Gasteiger partial charge in [-0.15, -0.1) is 0 Å². The number of amides is 2. The third-order valence-corrected chi connectivity index (χ3v) is 7.62. The Hall–Kier alpha value is -2.50. The highest BCUT2D eigenvalue weighted by atomic mass is 32.2. The van der Waals surface area contributed by atoms with E-state index in [1.165, 1.54) is 4.31 Å². The number of nitrogens with zero attached hydrogens (tertiary/aromatic N) is 2. The summed E-state index contributed by atoms with van der Waals surface area (Å²) in [4.78, 5) is 37.0. The number of ether oxygens (including phenoxy) is 1. The van der Waals surface area contributed by atoms with Gasteiger partial charge in [0.25, 0.3) is 5.91 Å². The van der Waals surface area contributed by atoms with E-state index >= 15 is 0 Å². The first-order valence-corrected chi connectivity index (χ1v) is 12.0. The molecule has 11 heteroatoms. The van der Waals surface area contributed by atoms with E-state index in [1.54, 1.807) is 29.2 Å². The molecule has 1 aromatic rings. The van der Waals surface area contributed by atoms with Crippen molar-refractivity contribution < 1.29 is 32.6 Å². The van der Waals surface area contributed by atoms with Crippen molar-refractivity contribution in [2.75, 3.05) is 32.7 Å². The molecule has 2 saturated heterocycles. The topological polar surface area (TPSA) is 137 Å². The maximum atomic E-state index is 12.8. The minimum atomic E-state index is -3.57. The molecule has 0 aliphatic carbocycles. The summed E-state index contributed by atoms with van der Waals surface area (Å²) in [5, 5.41) is 11.4. The molecule has 2 heterocycles. The number of sulfonamides is 1. The molecule has 0 spiro atoms. The molecular formula is C21H29N3O7S. The summed E-state index contributed by atoms with van der Waals surface area (Å²) in [6.07, 6.45) is -1.15. The van der Waals surface area contributed by atoms with Crippen LogP contribution in [0.3, 0.4) is 0 Å². The van der Waals surface area contributed by atoms with Gasteiger partial charge in [0.15, 0.2) is 12.2 Å². The normalized spacial score (nSPS) is 22.2. The van der Waals surface area contributed by atoms with E-state index < -0.39 is 34.1 Å². The fourth-order valence-corrected chi connectivity index (χ4v) is 5.03. The second-order valence-corrected chi connectivity index (χ2v) is 10.2. The number of carboxylic acids is 1. The number of hydrogen-bond acceptors (Lipinski definition) is 6. The molecule has 0 saturated carbocycles. The van der Waals surface area contributed by atoms with Crippen LogP contribution in [0.5, 0.6) is 0 Å². The molecule has 3 rings (SSSR count). The number of rotatable bonds is 9. The van der Waals surface area contributed by atoms with Gasteiger partial charge < -0.3 is 20.1 Å². The molecule has 2 aliphatic rings. The van der Waals surface area contributed by atoms with E-state index in [2.05, 4.69) is 5.32 Å². The molecular weight excluding hydrogens is 438 g/mol. The van der Waals surface area contributed by atoms with E-state index in [-0.39, 0.29) is 36.2 Å². The fraction of sp³-hybridized carbons (Fsp3) is 0.571. The molecule has 10 nitrogen and oxygen atoms in total. The monoisotopic (exact) mass is 467 g/mol. The predicted molar refractivity (Wildman–Crippen MR) is 114 cm³/mol. The molecule has 2 fully saturated rings. The average Bonchev–Trinajstić information content (AvgIpc) is 3.55. The van der Waals surface area contributed by atoms with Crippen LogP contribution >= 0.6 is 0 Å². The van der Waals surface area contributed by atoms with Crippen molar-refractivity contribution in [2.45, 2.75) is 43.8 Å². The number of carbonyl (C=O) groups excluding carboxylic acids is 2. The van der Waals surface area contributed by atoms with Crippen molar-refractivity contribution in [3.8, 4) is 0 Å². The van der Waals surface area contributed by atoms with Crippen LogP contribution < -0.4 is 5.32 Å². The molecule has 2 N–H and O–H groups in total. The Labute approximate surface area is 187 Å². The highest BCUT2D eigenvalue weighted by Crippen LogP contribution is 2.22. The number of benzene rings is 1. The molecule has 1 aromatic carbocycles. The van der Waals surface area contributed by atoms with Crippen LogP contribution in [0.25, 0.3) is 0 Å². The van der Waals surface area contributed by atoms with Crippen molar-refractivity contribution in [1.82, 2.24) is 14.5 Å². The van der Waals surface area contributed by atoms with Crippen molar-refractivity contribution in [2.24, 2.45) is 5.92 Å². The zero-order chi connectivity index (χ0) is 23.5. The quantitative estimate of drug-likeness (QED) is 0.496. The van der Waals surface area contributed by atoms with Gasteiger partial charge in [-0.1, -0.05) is 24.6 Å². The Morgan fingerprint density at radius 1 is 1.12 bits per heavy atom. The number of piperazine rings is 1. The Morgan fingerprint density at radius 3 is 2.31 bits per heavy atom. The third kappa shape index (κ3) is 5.84. The molecule has 0 unspecified atom stereocenters. The predicted octanol–water partition coefficient (Wildman–Crippen LogP) is 0.212. The van der Waals surface area contributed by atoms with Crippen molar-refractivity contribution >= 4 is 27.8 Å². The van der Waals surface area contributed by atoms with E-state index in [0.29, 0.717) is 26.1 Å². The minimum absolute atomic E-state index is 0.00696. The zero-order valence-corrected chi connectivity index (χ0v) is 19.0. The standard InChI is InChI=1S/C21H29N3O7S/c1-14-3-5-16(6-4-14)32(29,30)24-11-9-23(10-12-24)17(25)13-15(2)7-8-22-20(26)18-19(31-18)21(27)28/h3-6,15,18-19H,7-13H2,1-2H3,(H,22,26)(H,27,28)/t15-,18-,19-/m0/s1. The molecule has 176 valence electrons. The summed E-state index contributed by atoms with van der Waals surface area (Å²) < 4.78 is 31.8. The van der Waals surface area contributed by atoms with Gasteiger partial charge >= 0.3 is 5.97 Å². The lowest BCUT2D eigenvalue weighted by Gasteiger charge is -2.34. The molecule has 3 atom stereocenters.